The van der Waals surface area contributed by atoms with E-state index in [1.54, 1.807) is 7.11 Å². The van der Waals surface area contributed by atoms with Gasteiger partial charge in [0.05, 0.1) is 24.4 Å². The van der Waals surface area contributed by atoms with Crippen molar-refractivity contribution in [2.75, 3.05) is 13.7 Å². The molecule has 1 aliphatic heterocycles. The summed E-state index contributed by atoms with van der Waals surface area (Å²) in [5, 5.41) is 17.0. The Morgan fingerprint density at radius 3 is 3.21 bits per heavy atom. The first-order valence-electron chi connectivity index (χ1n) is 6.60. The highest BCUT2D eigenvalue weighted by atomic mass is 16.5. The molecule has 3 atom stereocenters. The number of nitrogens with zero attached hydrogens (tertiary/aromatic N) is 2. The number of piperidine rings is 1. The molecule has 0 saturated carbocycles. The maximum atomic E-state index is 11.8. The number of ether oxygens (including phenoxy) is 1. The van der Waals surface area contributed by atoms with Gasteiger partial charge in [-0.2, -0.15) is 5.10 Å². The molecule has 0 bridgehead atoms. The second-order valence-electron chi connectivity index (χ2n) is 4.98. The molecule has 2 unspecified atom stereocenters. The van der Waals surface area contributed by atoms with E-state index in [4.69, 9.17) is 4.74 Å². The molecule has 0 spiro atoms. The first kappa shape index (κ1) is 14.2. The lowest BCUT2D eigenvalue weighted by Crippen LogP contribution is -2.47. The Bertz CT molecular complexity index is 431. The second kappa shape index (κ2) is 6.27. The lowest BCUT2D eigenvalue weighted by molar-refractivity contribution is -0.129. The largest absolute Gasteiger partial charge is 0.386 e. The number of aliphatic hydroxyl groups is 1. The minimum absolute atomic E-state index is 0.144. The van der Waals surface area contributed by atoms with Crippen molar-refractivity contribution in [2.24, 2.45) is 0 Å². The minimum Gasteiger partial charge on any atom is -0.386 e. The van der Waals surface area contributed by atoms with Gasteiger partial charge in [-0.1, -0.05) is 0 Å². The Balaban J connectivity index is 2.01. The van der Waals surface area contributed by atoms with Crippen LogP contribution in [0.4, 0.5) is 0 Å². The summed E-state index contributed by atoms with van der Waals surface area (Å²) in [5.74, 6) is -0.144. The van der Waals surface area contributed by atoms with Crippen molar-refractivity contribution in [3.63, 3.8) is 0 Å². The van der Waals surface area contributed by atoms with Crippen LogP contribution in [-0.4, -0.2) is 46.5 Å². The van der Waals surface area contributed by atoms with Gasteiger partial charge in [0.2, 0.25) is 0 Å². The van der Waals surface area contributed by atoms with Crippen molar-refractivity contribution in [2.45, 2.75) is 44.6 Å². The van der Waals surface area contributed by atoms with Crippen molar-refractivity contribution in [3.05, 3.63) is 18.0 Å². The predicted molar refractivity (Wildman–Crippen MR) is 69.7 cm³/mol. The van der Waals surface area contributed by atoms with Crippen LogP contribution in [0.3, 0.4) is 0 Å². The fourth-order valence-electron chi connectivity index (χ4n) is 2.45. The molecule has 1 aromatic heterocycles. The molecule has 2 N–H and O–H groups in total. The van der Waals surface area contributed by atoms with Gasteiger partial charge in [0.15, 0.2) is 5.78 Å². The maximum Gasteiger partial charge on any atom is 0.177 e. The molecular formula is C13H21N3O3. The summed E-state index contributed by atoms with van der Waals surface area (Å²) in [6.07, 6.45) is 2.60. The monoisotopic (exact) mass is 267 g/mol. The molecule has 6 heteroatoms. The number of ketones is 1. The van der Waals surface area contributed by atoms with Gasteiger partial charge < -0.3 is 15.2 Å². The summed E-state index contributed by atoms with van der Waals surface area (Å²) >= 11 is 0. The molecule has 1 fully saturated rings. The molecule has 0 aliphatic carbocycles. The third-order valence-electron chi connectivity index (χ3n) is 3.46. The highest BCUT2D eigenvalue weighted by Gasteiger charge is 2.30. The molecule has 0 aromatic carbocycles. The molecule has 106 valence electrons. The van der Waals surface area contributed by atoms with Crippen LogP contribution in [-0.2, 0) is 16.1 Å². The molecule has 1 aromatic rings. The van der Waals surface area contributed by atoms with Crippen LogP contribution in [0.25, 0.3) is 0 Å². The summed E-state index contributed by atoms with van der Waals surface area (Å²) in [4.78, 5) is 11.8. The summed E-state index contributed by atoms with van der Waals surface area (Å²) < 4.78 is 6.94. The van der Waals surface area contributed by atoms with Crippen molar-refractivity contribution in [3.8, 4) is 0 Å². The van der Waals surface area contributed by atoms with Crippen LogP contribution < -0.4 is 5.32 Å². The maximum absolute atomic E-state index is 11.8. The predicted octanol–water partition coefficient (Wildman–Crippen LogP) is 0.272. The molecule has 1 saturated heterocycles. The first-order chi connectivity index (χ1) is 9.11. The van der Waals surface area contributed by atoms with E-state index >= 15 is 0 Å². The highest BCUT2D eigenvalue weighted by Crippen LogP contribution is 2.22. The normalized spacial score (nSPS) is 25.2. The van der Waals surface area contributed by atoms with Crippen LogP contribution in [0.5, 0.6) is 0 Å². The van der Waals surface area contributed by atoms with Crippen molar-refractivity contribution < 1.29 is 14.6 Å². The number of nitrogens with one attached hydrogen (secondary N) is 1. The SMILES string of the molecule is COCc1ccn(C2CCNC(C(=O)[C@H](C)O)C2)n1. The lowest BCUT2D eigenvalue weighted by atomic mass is 9.94. The van der Waals surface area contributed by atoms with Gasteiger partial charge in [0, 0.05) is 13.3 Å². The van der Waals surface area contributed by atoms with E-state index in [-0.39, 0.29) is 17.9 Å². The Morgan fingerprint density at radius 1 is 1.74 bits per heavy atom. The smallest absolute Gasteiger partial charge is 0.177 e. The van der Waals surface area contributed by atoms with E-state index in [1.165, 1.54) is 6.92 Å². The van der Waals surface area contributed by atoms with E-state index in [9.17, 15) is 9.90 Å². The number of aliphatic hydroxyl groups excluding tert-OH is 1. The fourth-order valence-corrected chi connectivity index (χ4v) is 2.45. The summed E-state index contributed by atoms with van der Waals surface area (Å²) in [5.41, 5.74) is 0.888. The van der Waals surface area contributed by atoms with Crippen molar-refractivity contribution >= 4 is 5.78 Å². The number of carbonyl (C=O) groups excluding carboxylic acids is 1. The third-order valence-corrected chi connectivity index (χ3v) is 3.46. The van der Waals surface area contributed by atoms with E-state index in [2.05, 4.69) is 10.4 Å². The van der Waals surface area contributed by atoms with Crippen molar-refractivity contribution in [1.82, 2.24) is 15.1 Å². The molecule has 19 heavy (non-hydrogen) atoms. The Morgan fingerprint density at radius 2 is 2.53 bits per heavy atom. The molecular weight excluding hydrogens is 246 g/mol. The van der Waals surface area contributed by atoms with Crippen LogP contribution in [0.2, 0.25) is 0 Å². The van der Waals surface area contributed by atoms with Gasteiger partial charge in [0.25, 0.3) is 0 Å². The Labute approximate surface area is 112 Å². The average Bonchev–Trinajstić information content (AvgIpc) is 2.87. The topological polar surface area (TPSA) is 76.4 Å². The van der Waals surface area contributed by atoms with Crippen molar-refractivity contribution in [1.29, 1.82) is 0 Å². The number of hydrogen-bond acceptors (Lipinski definition) is 5. The number of methoxy groups -OCH3 is 1. The third kappa shape index (κ3) is 3.40. The highest BCUT2D eigenvalue weighted by molar-refractivity contribution is 5.87. The Hall–Kier alpha value is -1.24. The molecule has 0 radical (unpaired) electrons. The zero-order valence-corrected chi connectivity index (χ0v) is 11.4. The standard InChI is InChI=1S/C13H21N3O3/c1-9(17)13(18)12-7-11(3-5-14-12)16-6-4-10(15-16)8-19-2/h4,6,9,11-12,14,17H,3,5,7-8H2,1-2H3/t9-,11?,12?/m0/s1. The second-order valence-corrected chi connectivity index (χ2v) is 4.98. The first-order valence-corrected chi connectivity index (χ1v) is 6.60. The molecule has 0 amide bonds. The fraction of sp³-hybridized carbons (Fsp3) is 0.692. The number of Topliss-reactive ketones (excluding diaryl/α,β-unsaturated/α-hetero) is 1. The van der Waals surface area contributed by atoms with E-state index < -0.39 is 6.10 Å². The molecule has 2 heterocycles. The van der Waals surface area contributed by atoms with Gasteiger partial charge in [-0.15, -0.1) is 0 Å². The van der Waals surface area contributed by atoms with Gasteiger partial charge in [0.1, 0.15) is 6.10 Å². The number of rotatable bonds is 5. The Kier molecular flexibility index (Phi) is 4.68. The van der Waals surface area contributed by atoms with Gasteiger partial charge in [-0.05, 0) is 32.4 Å². The number of aromatic nitrogens is 2. The van der Waals surface area contributed by atoms with Gasteiger partial charge in [-0.25, -0.2) is 0 Å². The van der Waals surface area contributed by atoms with Crippen LogP contribution in [0.15, 0.2) is 12.3 Å². The van der Waals surface area contributed by atoms with Gasteiger partial charge in [-0.3, -0.25) is 9.48 Å². The van der Waals surface area contributed by atoms with E-state index in [0.717, 1.165) is 18.7 Å². The molecule has 6 nitrogen and oxygen atoms in total. The molecule has 2 rings (SSSR count). The summed E-state index contributed by atoms with van der Waals surface area (Å²) in [6.45, 7) is 2.76. The van der Waals surface area contributed by atoms with Crippen LogP contribution in [0, 0.1) is 0 Å². The zero-order valence-electron chi connectivity index (χ0n) is 11.4. The summed E-state index contributed by atoms with van der Waals surface area (Å²) in [7, 11) is 1.64. The molecule has 1 aliphatic rings. The zero-order chi connectivity index (χ0) is 13.8. The number of hydrogen-bond donors (Lipinski definition) is 2. The summed E-state index contributed by atoms with van der Waals surface area (Å²) in [6, 6.07) is 1.84. The number of carbonyl (C=O) groups is 1. The quantitative estimate of drug-likeness (QED) is 0.801. The van der Waals surface area contributed by atoms with Crippen LogP contribution >= 0.6 is 0 Å². The van der Waals surface area contributed by atoms with E-state index in [0.29, 0.717) is 13.0 Å². The van der Waals surface area contributed by atoms with E-state index in [1.807, 2.05) is 16.9 Å². The average molecular weight is 267 g/mol. The minimum atomic E-state index is -0.919. The lowest BCUT2D eigenvalue weighted by Gasteiger charge is -2.30. The van der Waals surface area contributed by atoms with Gasteiger partial charge >= 0.3 is 0 Å². The van der Waals surface area contributed by atoms with Crippen LogP contribution in [0.1, 0.15) is 31.5 Å².